The number of nitrogens with one attached hydrogen (secondary N) is 1. The molecule has 8 heteroatoms. The van der Waals surface area contributed by atoms with Gasteiger partial charge in [-0.15, -0.1) is 0 Å². The van der Waals surface area contributed by atoms with Gasteiger partial charge in [-0.3, -0.25) is 14.7 Å². The summed E-state index contributed by atoms with van der Waals surface area (Å²) in [4.78, 5) is 22.7. The average molecular weight is 504 g/mol. The SMILES string of the molecule is COc1ccc(CNc2c(C(=O)N3CCN(C4CCCC4)CC3)cnc3ccc(C#N)cc23)cc1Cl. The summed E-state index contributed by atoms with van der Waals surface area (Å²) in [5, 5.41) is 14.2. The van der Waals surface area contributed by atoms with Gasteiger partial charge >= 0.3 is 0 Å². The zero-order valence-electron chi connectivity index (χ0n) is 20.5. The highest BCUT2D eigenvalue weighted by Crippen LogP contribution is 2.31. The van der Waals surface area contributed by atoms with Crippen molar-refractivity contribution < 1.29 is 9.53 Å². The predicted molar refractivity (Wildman–Crippen MR) is 142 cm³/mol. The van der Waals surface area contributed by atoms with Crippen LogP contribution in [0.2, 0.25) is 5.02 Å². The molecule has 1 aromatic heterocycles. The molecule has 0 spiro atoms. The number of hydrogen-bond donors (Lipinski definition) is 1. The number of piperazine rings is 1. The third kappa shape index (κ3) is 4.97. The number of rotatable bonds is 6. The predicted octanol–water partition coefficient (Wildman–Crippen LogP) is 5.08. The van der Waals surface area contributed by atoms with E-state index in [1.54, 1.807) is 25.4 Å². The van der Waals surface area contributed by atoms with Crippen LogP contribution in [0.4, 0.5) is 5.69 Å². The maximum Gasteiger partial charge on any atom is 0.257 e. The summed E-state index contributed by atoms with van der Waals surface area (Å²) < 4.78 is 5.26. The van der Waals surface area contributed by atoms with Crippen molar-refractivity contribution in [3.05, 3.63) is 64.3 Å². The number of amides is 1. The van der Waals surface area contributed by atoms with Crippen molar-refractivity contribution in [2.75, 3.05) is 38.6 Å². The van der Waals surface area contributed by atoms with E-state index in [0.717, 1.165) is 29.6 Å². The number of pyridine rings is 1. The van der Waals surface area contributed by atoms with Crippen molar-refractivity contribution in [3.8, 4) is 11.8 Å². The molecular weight excluding hydrogens is 474 g/mol. The highest BCUT2D eigenvalue weighted by Gasteiger charge is 2.29. The minimum absolute atomic E-state index is 0.0342. The first-order valence-electron chi connectivity index (χ1n) is 12.5. The number of nitrogens with zero attached hydrogens (tertiary/aromatic N) is 4. The van der Waals surface area contributed by atoms with Gasteiger partial charge in [0.1, 0.15) is 5.75 Å². The second-order valence-electron chi connectivity index (χ2n) is 9.48. The van der Waals surface area contributed by atoms with Crippen molar-refractivity contribution in [3.63, 3.8) is 0 Å². The molecule has 36 heavy (non-hydrogen) atoms. The Labute approximate surface area is 216 Å². The number of anilines is 1. The highest BCUT2D eigenvalue weighted by atomic mass is 35.5. The van der Waals surface area contributed by atoms with Crippen LogP contribution in [0.5, 0.6) is 5.75 Å². The number of fused-ring (bicyclic) bond motifs is 1. The molecule has 0 radical (unpaired) electrons. The molecule has 1 saturated heterocycles. The van der Waals surface area contributed by atoms with Gasteiger partial charge in [0, 0.05) is 50.3 Å². The van der Waals surface area contributed by atoms with E-state index in [1.807, 2.05) is 29.2 Å². The van der Waals surface area contributed by atoms with E-state index < -0.39 is 0 Å². The Morgan fingerprint density at radius 2 is 1.94 bits per heavy atom. The van der Waals surface area contributed by atoms with Gasteiger partial charge < -0.3 is 15.0 Å². The molecule has 0 unspecified atom stereocenters. The molecule has 0 atom stereocenters. The normalized spacial score (nSPS) is 16.8. The van der Waals surface area contributed by atoms with E-state index in [0.29, 0.717) is 53.3 Å². The Morgan fingerprint density at radius 3 is 2.64 bits per heavy atom. The lowest BCUT2D eigenvalue weighted by Crippen LogP contribution is -2.51. The molecule has 1 amide bonds. The molecule has 2 aliphatic rings. The number of halogens is 1. The van der Waals surface area contributed by atoms with Gasteiger partial charge in [0.25, 0.3) is 5.91 Å². The summed E-state index contributed by atoms with van der Waals surface area (Å²) in [6.45, 7) is 3.68. The number of methoxy groups -OCH3 is 1. The number of benzene rings is 2. The molecule has 186 valence electrons. The summed E-state index contributed by atoms with van der Waals surface area (Å²) in [5.74, 6) is 0.578. The lowest BCUT2D eigenvalue weighted by molar-refractivity contribution is 0.0574. The third-order valence-corrected chi connectivity index (χ3v) is 7.65. The van der Waals surface area contributed by atoms with Gasteiger partial charge in [-0.2, -0.15) is 5.26 Å². The molecule has 7 nitrogen and oxygen atoms in total. The molecule has 1 aliphatic heterocycles. The van der Waals surface area contributed by atoms with Crippen LogP contribution < -0.4 is 10.1 Å². The second kappa shape index (κ2) is 10.7. The lowest BCUT2D eigenvalue weighted by atomic mass is 10.0. The molecular formula is C28H30ClN5O2. The summed E-state index contributed by atoms with van der Waals surface area (Å²) in [5.41, 5.74) is 3.41. The zero-order chi connectivity index (χ0) is 25.1. The maximum atomic E-state index is 13.7. The van der Waals surface area contributed by atoms with E-state index in [4.69, 9.17) is 16.3 Å². The Balaban J connectivity index is 1.42. The van der Waals surface area contributed by atoms with Crippen LogP contribution in [0.3, 0.4) is 0 Å². The van der Waals surface area contributed by atoms with Crippen molar-refractivity contribution in [2.45, 2.75) is 38.3 Å². The smallest absolute Gasteiger partial charge is 0.257 e. The Morgan fingerprint density at radius 1 is 1.17 bits per heavy atom. The number of hydrogen-bond acceptors (Lipinski definition) is 6. The van der Waals surface area contributed by atoms with Crippen molar-refractivity contribution >= 4 is 34.1 Å². The molecule has 0 bridgehead atoms. The first-order valence-corrected chi connectivity index (χ1v) is 12.9. The molecule has 2 heterocycles. The second-order valence-corrected chi connectivity index (χ2v) is 9.89. The van der Waals surface area contributed by atoms with Gasteiger partial charge in [0.2, 0.25) is 0 Å². The summed E-state index contributed by atoms with van der Waals surface area (Å²) in [7, 11) is 1.58. The van der Waals surface area contributed by atoms with Gasteiger partial charge in [0.05, 0.1) is 40.5 Å². The number of ether oxygens (including phenoxy) is 1. The van der Waals surface area contributed by atoms with Gasteiger partial charge in [-0.25, -0.2) is 0 Å². The molecule has 1 aliphatic carbocycles. The first kappa shape index (κ1) is 24.4. The van der Waals surface area contributed by atoms with E-state index in [9.17, 15) is 10.1 Å². The fourth-order valence-electron chi connectivity index (χ4n) is 5.35. The average Bonchev–Trinajstić information content (AvgIpc) is 3.46. The number of carbonyl (C=O) groups is 1. The topological polar surface area (TPSA) is 81.5 Å². The van der Waals surface area contributed by atoms with Crippen molar-refractivity contribution in [2.24, 2.45) is 0 Å². The molecule has 2 aromatic carbocycles. The fourth-order valence-corrected chi connectivity index (χ4v) is 5.64. The van der Waals surface area contributed by atoms with E-state index >= 15 is 0 Å². The Bertz CT molecular complexity index is 1310. The van der Waals surface area contributed by atoms with Crippen LogP contribution in [-0.2, 0) is 6.54 Å². The zero-order valence-corrected chi connectivity index (χ0v) is 21.2. The maximum absolute atomic E-state index is 13.7. The lowest BCUT2D eigenvalue weighted by Gasteiger charge is -2.38. The highest BCUT2D eigenvalue weighted by molar-refractivity contribution is 6.32. The quantitative estimate of drug-likeness (QED) is 0.505. The van der Waals surface area contributed by atoms with E-state index in [1.165, 1.54) is 25.7 Å². The van der Waals surface area contributed by atoms with E-state index in [-0.39, 0.29) is 5.91 Å². The molecule has 5 rings (SSSR count). The largest absolute Gasteiger partial charge is 0.495 e. The van der Waals surface area contributed by atoms with Crippen LogP contribution in [-0.4, -0.2) is 60.0 Å². The van der Waals surface area contributed by atoms with E-state index in [2.05, 4.69) is 21.3 Å². The van der Waals surface area contributed by atoms with Gasteiger partial charge in [0.15, 0.2) is 0 Å². The minimum atomic E-state index is -0.0342. The third-order valence-electron chi connectivity index (χ3n) is 7.36. The first-order chi connectivity index (χ1) is 17.6. The Hall–Kier alpha value is -3.34. The monoisotopic (exact) mass is 503 g/mol. The summed E-state index contributed by atoms with van der Waals surface area (Å²) in [6, 6.07) is 13.8. The molecule has 3 aromatic rings. The van der Waals surface area contributed by atoms with Crippen LogP contribution in [0.25, 0.3) is 10.9 Å². The van der Waals surface area contributed by atoms with Crippen LogP contribution in [0, 0.1) is 11.3 Å². The minimum Gasteiger partial charge on any atom is -0.495 e. The standard InChI is InChI=1S/C28H30ClN5O2/c1-36-26-9-7-20(15-24(26)29)17-32-27-22-14-19(16-30)6-8-25(22)31-18-23(27)28(35)34-12-10-33(11-13-34)21-4-2-3-5-21/h6-9,14-15,18,21H,2-5,10-13,17H2,1H3,(H,31,32). The summed E-state index contributed by atoms with van der Waals surface area (Å²) >= 11 is 6.32. The molecule has 1 N–H and O–H groups in total. The van der Waals surface area contributed by atoms with Crippen LogP contribution in [0.1, 0.15) is 47.2 Å². The summed E-state index contributed by atoms with van der Waals surface area (Å²) in [6.07, 6.45) is 6.82. The number of aromatic nitrogens is 1. The van der Waals surface area contributed by atoms with Crippen molar-refractivity contribution in [1.29, 1.82) is 5.26 Å². The number of carbonyl (C=O) groups excluding carboxylic acids is 1. The Kier molecular flexibility index (Phi) is 7.26. The molecule has 2 fully saturated rings. The van der Waals surface area contributed by atoms with Crippen LogP contribution in [0.15, 0.2) is 42.6 Å². The molecule has 1 saturated carbocycles. The van der Waals surface area contributed by atoms with Gasteiger partial charge in [-0.1, -0.05) is 30.5 Å². The van der Waals surface area contributed by atoms with Crippen molar-refractivity contribution in [1.82, 2.24) is 14.8 Å². The van der Waals surface area contributed by atoms with Gasteiger partial charge in [-0.05, 0) is 48.7 Å². The fraction of sp³-hybridized carbons (Fsp3) is 0.393. The number of nitriles is 1. The van der Waals surface area contributed by atoms with Crippen LogP contribution >= 0.6 is 11.6 Å².